The normalized spacial score (nSPS) is 12.1. The molecular formula is C13H21NO3. The van der Waals surface area contributed by atoms with E-state index in [1.54, 1.807) is 21.3 Å². The molecule has 2 N–H and O–H groups in total. The van der Waals surface area contributed by atoms with Gasteiger partial charge in [0.2, 0.25) is 5.75 Å². The van der Waals surface area contributed by atoms with E-state index in [1.807, 2.05) is 19.1 Å². The Morgan fingerprint density at radius 2 is 1.71 bits per heavy atom. The van der Waals surface area contributed by atoms with Crippen LogP contribution in [0.3, 0.4) is 0 Å². The maximum Gasteiger partial charge on any atom is 0.203 e. The lowest BCUT2D eigenvalue weighted by molar-refractivity contribution is 0.322. The van der Waals surface area contributed by atoms with Crippen molar-refractivity contribution in [3.8, 4) is 17.2 Å². The van der Waals surface area contributed by atoms with Gasteiger partial charge in [0, 0.05) is 6.04 Å². The molecule has 96 valence electrons. The molecule has 4 heteroatoms. The van der Waals surface area contributed by atoms with Crippen molar-refractivity contribution in [1.82, 2.24) is 0 Å². The summed E-state index contributed by atoms with van der Waals surface area (Å²) in [6, 6.07) is 4.05. The predicted molar refractivity (Wildman–Crippen MR) is 68.1 cm³/mol. The van der Waals surface area contributed by atoms with Crippen LogP contribution in [0.5, 0.6) is 17.2 Å². The van der Waals surface area contributed by atoms with Gasteiger partial charge in [-0.1, -0.05) is 6.07 Å². The fourth-order valence-corrected chi connectivity index (χ4v) is 1.74. The van der Waals surface area contributed by atoms with Crippen LogP contribution in [-0.2, 0) is 6.42 Å². The zero-order valence-corrected chi connectivity index (χ0v) is 10.9. The molecule has 0 aliphatic rings. The molecule has 0 bridgehead atoms. The maximum atomic E-state index is 5.76. The Morgan fingerprint density at radius 3 is 2.18 bits per heavy atom. The number of benzene rings is 1. The summed E-state index contributed by atoms with van der Waals surface area (Å²) in [5, 5.41) is 0. The third-order valence-corrected chi connectivity index (χ3v) is 2.65. The van der Waals surface area contributed by atoms with Crippen LogP contribution in [-0.4, -0.2) is 27.4 Å². The Morgan fingerprint density at radius 1 is 1.06 bits per heavy atom. The smallest absolute Gasteiger partial charge is 0.203 e. The Hall–Kier alpha value is -1.42. The monoisotopic (exact) mass is 239 g/mol. The van der Waals surface area contributed by atoms with Gasteiger partial charge in [-0.05, 0) is 31.4 Å². The number of aryl methyl sites for hydroxylation is 1. The van der Waals surface area contributed by atoms with Crippen LogP contribution in [0.25, 0.3) is 0 Å². The maximum absolute atomic E-state index is 5.76. The van der Waals surface area contributed by atoms with Gasteiger partial charge < -0.3 is 19.9 Å². The highest BCUT2D eigenvalue weighted by Crippen LogP contribution is 2.40. The van der Waals surface area contributed by atoms with Crippen LogP contribution in [0.4, 0.5) is 0 Å². The van der Waals surface area contributed by atoms with Gasteiger partial charge in [-0.2, -0.15) is 0 Å². The number of methoxy groups -OCH3 is 3. The first-order valence-corrected chi connectivity index (χ1v) is 5.67. The van der Waals surface area contributed by atoms with Gasteiger partial charge in [-0.15, -0.1) is 0 Å². The molecule has 0 unspecified atom stereocenters. The van der Waals surface area contributed by atoms with Gasteiger partial charge in [0.05, 0.1) is 21.3 Å². The second kappa shape index (κ2) is 6.35. The van der Waals surface area contributed by atoms with E-state index in [4.69, 9.17) is 19.9 Å². The van der Waals surface area contributed by atoms with Crippen molar-refractivity contribution in [2.24, 2.45) is 5.73 Å². The largest absolute Gasteiger partial charge is 0.493 e. The lowest BCUT2D eigenvalue weighted by Gasteiger charge is -2.16. The summed E-state index contributed by atoms with van der Waals surface area (Å²) in [7, 11) is 4.85. The van der Waals surface area contributed by atoms with E-state index in [0.29, 0.717) is 11.5 Å². The van der Waals surface area contributed by atoms with E-state index in [1.165, 1.54) is 0 Å². The molecule has 0 amide bonds. The highest BCUT2D eigenvalue weighted by molar-refractivity contribution is 5.55. The van der Waals surface area contributed by atoms with E-state index in [9.17, 15) is 0 Å². The summed E-state index contributed by atoms with van der Waals surface area (Å²) in [4.78, 5) is 0. The number of ether oxygens (including phenoxy) is 3. The van der Waals surface area contributed by atoms with Crippen LogP contribution in [0, 0.1) is 0 Å². The Bertz CT molecular complexity index is 364. The first-order chi connectivity index (χ1) is 8.13. The minimum Gasteiger partial charge on any atom is -0.493 e. The highest BCUT2D eigenvalue weighted by Gasteiger charge is 2.15. The van der Waals surface area contributed by atoms with Crippen molar-refractivity contribution in [3.63, 3.8) is 0 Å². The van der Waals surface area contributed by atoms with E-state index in [-0.39, 0.29) is 6.04 Å². The summed E-state index contributed by atoms with van der Waals surface area (Å²) < 4.78 is 16.0. The van der Waals surface area contributed by atoms with Crippen molar-refractivity contribution < 1.29 is 14.2 Å². The van der Waals surface area contributed by atoms with Gasteiger partial charge in [-0.25, -0.2) is 0 Å². The molecule has 1 aromatic carbocycles. The molecule has 0 aliphatic heterocycles. The average molecular weight is 239 g/mol. The Labute approximate surface area is 103 Å². The van der Waals surface area contributed by atoms with Crippen LogP contribution in [0.2, 0.25) is 0 Å². The summed E-state index contributed by atoms with van der Waals surface area (Å²) in [5.41, 5.74) is 6.85. The highest BCUT2D eigenvalue weighted by atomic mass is 16.5. The molecule has 0 aliphatic carbocycles. The first-order valence-electron chi connectivity index (χ1n) is 5.67. The molecule has 17 heavy (non-hydrogen) atoms. The summed E-state index contributed by atoms with van der Waals surface area (Å²) in [5.74, 6) is 2.04. The van der Waals surface area contributed by atoms with Crippen molar-refractivity contribution >= 4 is 0 Å². The molecule has 4 nitrogen and oxygen atoms in total. The van der Waals surface area contributed by atoms with E-state index in [0.717, 1.165) is 24.2 Å². The summed E-state index contributed by atoms with van der Waals surface area (Å²) in [6.07, 6.45) is 1.77. The standard InChI is InChI=1S/C13H21NO3/c1-9(14)5-6-10-7-8-11(15-2)13(17-4)12(10)16-3/h7-9H,5-6,14H2,1-4H3/t9-/m0/s1. The minimum absolute atomic E-state index is 0.174. The average Bonchev–Trinajstić information content (AvgIpc) is 2.34. The molecule has 0 saturated heterocycles. The van der Waals surface area contributed by atoms with Gasteiger partial charge in [0.15, 0.2) is 11.5 Å². The fraction of sp³-hybridized carbons (Fsp3) is 0.538. The third-order valence-electron chi connectivity index (χ3n) is 2.65. The SMILES string of the molecule is COc1ccc(CC[C@H](C)N)c(OC)c1OC. The molecule has 1 atom stereocenters. The third kappa shape index (κ3) is 3.27. The number of hydrogen-bond acceptors (Lipinski definition) is 4. The topological polar surface area (TPSA) is 53.7 Å². The van der Waals surface area contributed by atoms with Gasteiger partial charge >= 0.3 is 0 Å². The minimum atomic E-state index is 0.174. The zero-order valence-electron chi connectivity index (χ0n) is 10.9. The zero-order chi connectivity index (χ0) is 12.8. The molecule has 0 fully saturated rings. The first kappa shape index (κ1) is 13.6. The fourth-order valence-electron chi connectivity index (χ4n) is 1.74. The van der Waals surface area contributed by atoms with Crippen LogP contribution in [0.15, 0.2) is 12.1 Å². The molecule has 0 aromatic heterocycles. The molecule has 1 aromatic rings. The number of rotatable bonds is 6. The van der Waals surface area contributed by atoms with Crippen molar-refractivity contribution in [3.05, 3.63) is 17.7 Å². The van der Waals surface area contributed by atoms with Gasteiger partial charge in [0.25, 0.3) is 0 Å². The lowest BCUT2D eigenvalue weighted by atomic mass is 10.0. The van der Waals surface area contributed by atoms with Crippen molar-refractivity contribution in [2.75, 3.05) is 21.3 Å². The van der Waals surface area contributed by atoms with Gasteiger partial charge in [0.1, 0.15) is 0 Å². The molecule has 0 radical (unpaired) electrons. The summed E-state index contributed by atoms with van der Waals surface area (Å²) in [6.45, 7) is 1.99. The molecule has 0 spiro atoms. The predicted octanol–water partition coefficient (Wildman–Crippen LogP) is 1.99. The van der Waals surface area contributed by atoms with E-state index < -0.39 is 0 Å². The molecule has 1 rings (SSSR count). The lowest BCUT2D eigenvalue weighted by Crippen LogP contribution is -2.15. The Kier molecular flexibility index (Phi) is 5.10. The van der Waals surface area contributed by atoms with Crippen LogP contribution in [0.1, 0.15) is 18.9 Å². The Balaban J connectivity index is 3.05. The molecular weight excluding hydrogens is 218 g/mol. The van der Waals surface area contributed by atoms with E-state index in [2.05, 4.69) is 0 Å². The second-order valence-electron chi connectivity index (χ2n) is 4.01. The van der Waals surface area contributed by atoms with Crippen molar-refractivity contribution in [2.45, 2.75) is 25.8 Å². The quantitative estimate of drug-likeness (QED) is 0.825. The van der Waals surface area contributed by atoms with E-state index >= 15 is 0 Å². The van der Waals surface area contributed by atoms with Crippen LogP contribution < -0.4 is 19.9 Å². The molecule has 0 heterocycles. The van der Waals surface area contributed by atoms with Crippen molar-refractivity contribution in [1.29, 1.82) is 0 Å². The summed E-state index contributed by atoms with van der Waals surface area (Å²) >= 11 is 0. The van der Waals surface area contributed by atoms with Crippen LogP contribution >= 0.6 is 0 Å². The number of nitrogens with two attached hydrogens (primary N) is 1. The number of hydrogen-bond donors (Lipinski definition) is 1. The second-order valence-corrected chi connectivity index (χ2v) is 4.01. The van der Waals surface area contributed by atoms with Gasteiger partial charge in [-0.3, -0.25) is 0 Å². The molecule has 0 saturated carbocycles.